The minimum absolute atomic E-state index is 0.630. The summed E-state index contributed by atoms with van der Waals surface area (Å²) < 4.78 is 5.48. The van der Waals surface area contributed by atoms with Crippen molar-refractivity contribution in [3.8, 4) is 5.75 Å². The molecular formula is C13H12BClO2. The lowest BCUT2D eigenvalue weighted by Gasteiger charge is -2.12. The first-order chi connectivity index (χ1) is 8.16. The Morgan fingerprint density at radius 3 is 2.47 bits per heavy atom. The van der Waals surface area contributed by atoms with E-state index < -0.39 is 7.12 Å². The van der Waals surface area contributed by atoms with Crippen molar-refractivity contribution >= 4 is 24.2 Å². The zero-order valence-electron chi connectivity index (χ0n) is 9.43. The third kappa shape index (κ3) is 3.02. The second kappa shape index (κ2) is 5.26. The number of aryl methyl sites for hydroxylation is 1. The summed E-state index contributed by atoms with van der Waals surface area (Å²) in [4.78, 5) is 0. The number of halogens is 1. The van der Waals surface area contributed by atoms with Crippen LogP contribution in [0.4, 0.5) is 0 Å². The molecule has 0 saturated carbocycles. The topological polar surface area (TPSA) is 29.5 Å². The molecule has 2 rings (SSSR count). The molecule has 2 aromatic carbocycles. The van der Waals surface area contributed by atoms with Crippen LogP contribution in [0.5, 0.6) is 5.75 Å². The predicted octanol–water partition coefficient (Wildman–Crippen LogP) is 2.41. The van der Waals surface area contributed by atoms with Gasteiger partial charge in [-0.05, 0) is 36.1 Å². The second-order valence-electron chi connectivity index (χ2n) is 3.79. The van der Waals surface area contributed by atoms with E-state index in [0.29, 0.717) is 10.8 Å². The molecule has 2 nitrogen and oxygen atoms in total. The standard InChI is InChI=1S/C13H12BClO2/c1-10-9-12(15)7-8-13(10)17-14(16)11-5-3-2-4-6-11/h2-9,16H,1H3. The Balaban J connectivity index is 2.16. The molecule has 0 aliphatic rings. The van der Waals surface area contributed by atoms with E-state index in [0.717, 1.165) is 11.0 Å². The summed E-state index contributed by atoms with van der Waals surface area (Å²) in [5.74, 6) is 0.630. The number of benzene rings is 2. The van der Waals surface area contributed by atoms with Gasteiger partial charge in [0.15, 0.2) is 0 Å². The van der Waals surface area contributed by atoms with Crippen molar-refractivity contribution in [3.05, 3.63) is 59.1 Å². The Bertz CT molecular complexity index is 502. The average molecular weight is 247 g/mol. The Labute approximate surface area is 106 Å². The van der Waals surface area contributed by atoms with Crippen molar-refractivity contribution in [2.75, 3.05) is 0 Å². The molecular weight excluding hydrogens is 234 g/mol. The van der Waals surface area contributed by atoms with E-state index >= 15 is 0 Å². The van der Waals surface area contributed by atoms with Crippen LogP contribution in [-0.2, 0) is 0 Å². The highest BCUT2D eigenvalue weighted by molar-refractivity contribution is 6.60. The molecule has 0 heterocycles. The lowest BCUT2D eigenvalue weighted by atomic mass is 9.79. The zero-order valence-corrected chi connectivity index (χ0v) is 10.2. The van der Waals surface area contributed by atoms with E-state index in [1.54, 1.807) is 18.2 Å². The predicted molar refractivity (Wildman–Crippen MR) is 70.9 cm³/mol. The number of hydrogen-bond donors (Lipinski definition) is 1. The van der Waals surface area contributed by atoms with Crippen molar-refractivity contribution in [1.29, 1.82) is 0 Å². The summed E-state index contributed by atoms with van der Waals surface area (Å²) >= 11 is 5.85. The Hall–Kier alpha value is -1.45. The molecule has 0 amide bonds. The molecule has 0 saturated heterocycles. The van der Waals surface area contributed by atoms with Gasteiger partial charge in [-0.2, -0.15) is 0 Å². The fraction of sp³-hybridized carbons (Fsp3) is 0.0769. The molecule has 86 valence electrons. The van der Waals surface area contributed by atoms with Gasteiger partial charge < -0.3 is 9.68 Å². The van der Waals surface area contributed by atoms with Gasteiger partial charge in [0, 0.05) is 5.02 Å². The third-order valence-electron chi connectivity index (χ3n) is 2.46. The Morgan fingerprint density at radius 1 is 1.12 bits per heavy atom. The molecule has 0 aromatic heterocycles. The van der Waals surface area contributed by atoms with E-state index in [9.17, 15) is 5.02 Å². The molecule has 0 radical (unpaired) electrons. The van der Waals surface area contributed by atoms with Gasteiger partial charge in [-0.1, -0.05) is 41.9 Å². The summed E-state index contributed by atoms with van der Waals surface area (Å²) in [6, 6.07) is 14.5. The van der Waals surface area contributed by atoms with E-state index in [2.05, 4.69) is 0 Å². The molecule has 4 heteroatoms. The van der Waals surface area contributed by atoms with Crippen LogP contribution in [0.3, 0.4) is 0 Å². The van der Waals surface area contributed by atoms with Crippen LogP contribution >= 0.6 is 11.6 Å². The first kappa shape index (κ1) is 12.0. The van der Waals surface area contributed by atoms with Crippen LogP contribution in [-0.4, -0.2) is 12.1 Å². The summed E-state index contributed by atoms with van der Waals surface area (Å²) in [7, 11) is -0.962. The Kier molecular flexibility index (Phi) is 3.72. The van der Waals surface area contributed by atoms with Gasteiger partial charge in [-0.3, -0.25) is 0 Å². The van der Waals surface area contributed by atoms with Gasteiger partial charge in [0.2, 0.25) is 0 Å². The highest BCUT2D eigenvalue weighted by atomic mass is 35.5. The molecule has 0 bridgehead atoms. The quantitative estimate of drug-likeness (QED) is 0.843. The van der Waals surface area contributed by atoms with E-state index in [4.69, 9.17) is 16.3 Å². The fourth-order valence-electron chi connectivity index (χ4n) is 1.55. The maximum Gasteiger partial charge on any atom is 0.560 e. The monoisotopic (exact) mass is 246 g/mol. The maximum absolute atomic E-state index is 9.91. The third-order valence-corrected chi connectivity index (χ3v) is 2.70. The first-order valence-corrected chi connectivity index (χ1v) is 5.70. The van der Waals surface area contributed by atoms with Crippen LogP contribution < -0.4 is 10.1 Å². The van der Waals surface area contributed by atoms with Crippen LogP contribution in [0.2, 0.25) is 5.02 Å². The smallest absolute Gasteiger partial charge is 0.532 e. The van der Waals surface area contributed by atoms with E-state index in [-0.39, 0.29) is 0 Å². The minimum Gasteiger partial charge on any atom is -0.532 e. The average Bonchev–Trinajstić information content (AvgIpc) is 2.34. The zero-order chi connectivity index (χ0) is 12.3. The second-order valence-corrected chi connectivity index (χ2v) is 4.23. The van der Waals surface area contributed by atoms with Crippen LogP contribution in [0.15, 0.2) is 48.5 Å². The molecule has 0 aliphatic carbocycles. The van der Waals surface area contributed by atoms with E-state index in [1.165, 1.54) is 0 Å². The molecule has 17 heavy (non-hydrogen) atoms. The van der Waals surface area contributed by atoms with Gasteiger partial charge in [-0.15, -0.1) is 0 Å². The molecule has 0 fully saturated rings. The maximum atomic E-state index is 9.91. The van der Waals surface area contributed by atoms with Gasteiger partial charge in [0.1, 0.15) is 5.75 Å². The molecule has 1 N–H and O–H groups in total. The summed E-state index contributed by atoms with van der Waals surface area (Å²) in [6.45, 7) is 1.89. The van der Waals surface area contributed by atoms with Gasteiger partial charge >= 0.3 is 7.12 Å². The summed E-state index contributed by atoms with van der Waals surface area (Å²) in [6.07, 6.45) is 0. The van der Waals surface area contributed by atoms with Crippen molar-refractivity contribution in [3.63, 3.8) is 0 Å². The van der Waals surface area contributed by atoms with Gasteiger partial charge in [-0.25, -0.2) is 0 Å². The van der Waals surface area contributed by atoms with E-state index in [1.807, 2.05) is 37.3 Å². The summed E-state index contributed by atoms with van der Waals surface area (Å²) in [5.41, 5.74) is 1.62. The van der Waals surface area contributed by atoms with Gasteiger partial charge in [0.25, 0.3) is 0 Å². The molecule has 0 unspecified atom stereocenters. The highest BCUT2D eigenvalue weighted by Gasteiger charge is 2.18. The highest BCUT2D eigenvalue weighted by Crippen LogP contribution is 2.21. The summed E-state index contributed by atoms with van der Waals surface area (Å²) in [5, 5.41) is 10.6. The SMILES string of the molecule is Cc1cc(Cl)ccc1OB(O)c1ccccc1. The van der Waals surface area contributed by atoms with Crippen LogP contribution in [0.1, 0.15) is 5.56 Å². The lowest BCUT2D eigenvalue weighted by molar-refractivity contribution is 0.431. The number of hydrogen-bond acceptors (Lipinski definition) is 2. The van der Waals surface area contributed by atoms with Crippen molar-refractivity contribution in [1.82, 2.24) is 0 Å². The van der Waals surface area contributed by atoms with Crippen molar-refractivity contribution < 1.29 is 9.68 Å². The van der Waals surface area contributed by atoms with Crippen LogP contribution in [0.25, 0.3) is 0 Å². The molecule has 0 atom stereocenters. The first-order valence-electron chi connectivity index (χ1n) is 5.32. The molecule has 0 aliphatic heterocycles. The van der Waals surface area contributed by atoms with Crippen molar-refractivity contribution in [2.45, 2.75) is 6.92 Å². The lowest BCUT2D eigenvalue weighted by Crippen LogP contribution is -2.36. The fourth-order valence-corrected chi connectivity index (χ4v) is 1.78. The van der Waals surface area contributed by atoms with Crippen LogP contribution in [0, 0.1) is 6.92 Å². The largest absolute Gasteiger partial charge is 0.560 e. The molecule has 0 spiro atoms. The Morgan fingerprint density at radius 2 is 1.82 bits per heavy atom. The molecule has 2 aromatic rings. The number of rotatable bonds is 3. The minimum atomic E-state index is -0.962. The van der Waals surface area contributed by atoms with Crippen molar-refractivity contribution in [2.24, 2.45) is 0 Å². The normalized spacial score (nSPS) is 10.1. The van der Waals surface area contributed by atoms with Gasteiger partial charge in [0.05, 0.1) is 0 Å².